The molecule has 0 bridgehead atoms. The van der Waals surface area contributed by atoms with Crippen LogP contribution in [0.2, 0.25) is 0 Å². The number of halogens is 2. The van der Waals surface area contributed by atoms with Crippen molar-refractivity contribution in [2.24, 2.45) is 11.8 Å². The minimum absolute atomic E-state index is 0.0861. The van der Waals surface area contributed by atoms with Gasteiger partial charge in [0.2, 0.25) is 11.8 Å². The summed E-state index contributed by atoms with van der Waals surface area (Å²) in [5.74, 6) is -1.64. The highest BCUT2D eigenvalue weighted by molar-refractivity contribution is 5.88. The first kappa shape index (κ1) is 22.4. The largest absolute Gasteiger partial charge is 0.341 e. The first-order chi connectivity index (χ1) is 15.1. The van der Waals surface area contributed by atoms with Gasteiger partial charge in [0.25, 0.3) is 0 Å². The Morgan fingerprint density at radius 2 is 1.03 bits per heavy atom. The molecule has 0 N–H and O–H groups in total. The molecule has 2 aliphatic heterocycles. The van der Waals surface area contributed by atoms with Gasteiger partial charge in [0.15, 0.2) is 0 Å². The molecule has 2 atom stereocenters. The predicted molar refractivity (Wildman–Crippen MR) is 119 cm³/mol. The molecular formula is C26H30F2N2O2. The van der Waals surface area contributed by atoms with E-state index in [-0.39, 0.29) is 23.4 Å². The fourth-order valence-electron chi connectivity index (χ4n) is 5.15. The Morgan fingerprint density at radius 1 is 0.719 bits per heavy atom. The molecule has 0 saturated carbocycles. The Balaban J connectivity index is 1.35. The van der Waals surface area contributed by atoms with Gasteiger partial charge in [-0.1, -0.05) is 64.1 Å². The first-order valence-electron chi connectivity index (χ1n) is 11.1. The van der Waals surface area contributed by atoms with Gasteiger partial charge in [0.05, 0.1) is 0 Å². The van der Waals surface area contributed by atoms with Gasteiger partial charge in [-0.15, -0.1) is 0 Å². The fraction of sp³-hybridized carbons (Fsp3) is 0.462. The highest BCUT2D eigenvalue weighted by Crippen LogP contribution is 2.39. The zero-order valence-electron chi connectivity index (χ0n) is 19.1. The van der Waals surface area contributed by atoms with E-state index in [2.05, 4.69) is 0 Å². The molecule has 4 nitrogen and oxygen atoms in total. The van der Waals surface area contributed by atoms with E-state index in [9.17, 15) is 18.4 Å². The quantitative estimate of drug-likeness (QED) is 0.701. The van der Waals surface area contributed by atoms with Crippen molar-refractivity contribution in [3.63, 3.8) is 0 Å². The van der Waals surface area contributed by atoms with Crippen molar-refractivity contribution in [1.29, 1.82) is 0 Å². The minimum Gasteiger partial charge on any atom is -0.341 e. The number of carbonyl (C=O) groups is 2. The maximum Gasteiger partial charge on any atom is 0.226 e. The molecule has 2 fully saturated rings. The van der Waals surface area contributed by atoms with E-state index in [1.54, 1.807) is 60.0 Å². The second-order valence-corrected chi connectivity index (χ2v) is 10.0. The summed E-state index contributed by atoms with van der Waals surface area (Å²) in [4.78, 5) is 29.4. The number of benzene rings is 2. The summed E-state index contributed by atoms with van der Waals surface area (Å²) in [7, 11) is 0. The monoisotopic (exact) mass is 440 g/mol. The summed E-state index contributed by atoms with van der Waals surface area (Å²) in [6, 6.07) is 13.3. The summed E-state index contributed by atoms with van der Waals surface area (Å²) < 4.78 is 28.4. The lowest BCUT2D eigenvalue weighted by Crippen LogP contribution is -2.63. The number of nitrogens with zero attached hydrogens (tertiary/aromatic N) is 2. The first-order valence-corrected chi connectivity index (χ1v) is 11.1. The normalized spacial score (nSPS) is 20.7. The lowest BCUT2D eigenvalue weighted by Gasteiger charge is -2.51. The van der Waals surface area contributed by atoms with Crippen molar-refractivity contribution in [3.05, 3.63) is 71.3 Å². The molecule has 4 rings (SSSR count). The molecule has 2 aromatic carbocycles. The Bertz CT molecular complexity index is 958. The van der Waals surface area contributed by atoms with Crippen LogP contribution < -0.4 is 0 Å². The van der Waals surface area contributed by atoms with E-state index in [1.807, 2.05) is 13.8 Å². The molecular weight excluding hydrogens is 410 g/mol. The van der Waals surface area contributed by atoms with E-state index in [0.717, 1.165) is 0 Å². The molecule has 0 aromatic heterocycles. The van der Waals surface area contributed by atoms with Gasteiger partial charge >= 0.3 is 0 Å². The van der Waals surface area contributed by atoms with E-state index in [4.69, 9.17) is 0 Å². The van der Waals surface area contributed by atoms with E-state index in [1.165, 1.54) is 12.1 Å². The number of likely N-dealkylation sites (tertiary alicyclic amines) is 2. The van der Waals surface area contributed by atoms with E-state index >= 15 is 0 Å². The average molecular weight is 441 g/mol. The van der Waals surface area contributed by atoms with Crippen LogP contribution in [0.4, 0.5) is 8.78 Å². The van der Waals surface area contributed by atoms with Crippen LogP contribution in [0.3, 0.4) is 0 Å². The molecule has 2 amide bonds. The van der Waals surface area contributed by atoms with Crippen LogP contribution in [-0.4, -0.2) is 47.8 Å². The van der Waals surface area contributed by atoms with Crippen molar-refractivity contribution in [2.45, 2.75) is 38.5 Å². The average Bonchev–Trinajstić information content (AvgIpc) is 2.73. The Morgan fingerprint density at radius 3 is 1.34 bits per heavy atom. The maximum absolute atomic E-state index is 14.2. The summed E-state index contributed by atoms with van der Waals surface area (Å²) in [6.45, 7) is 9.22. The Kier molecular flexibility index (Phi) is 5.60. The maximum atomic E-state index is 14.2. The van der Waals surface area contributed by atoms with Gasteiger partial charge in [0.1, 0.15) is 11.6 Å². The molecule has 2 aliphatic rings. The Labute approximate surface area is 188 Å². The number of carbonyl (C=O) groups excluding carboxylic acids is 2. The zero-order valence-corrected chi connectivity index (χ0v) is 19.1. The number of amides is 2. The predicted octanol–water partition coefficient (Wildman–Crippen LogP) is 4.14. The lowest BCUT2D eigenvalue weighted by molar-refractivity contribution is -0.153. The van der Waals surface area contributed by atoms with Crippen LogP contribution in [0.15, 0.2) is 48.5 Å². The lowest BCUT2D eigenvalue weighted by atomic mass is 9.73. The topological polar surface area (TPSA) is 40.6 Å². The number of hydrogen-bond acceptors (Lipinski definition) is 2. The smallest absolute Gasteiger partial charge is 0.226 e. The highest BCUT2D eigenvalue weighted by Gasteiger charge is 2.48. The van der Waals surface area contributed by atoms with Gasteiger partial charge in [-0.3, -0.25) is 9.59 Å². The molecule has 0 spiro atoms. The second kappa shape index (κ2) is 7.98. The number of hydrogen-bond donors (Lipinski definition) is 0. The molecule has 170 valence electrons. The van der Waals surface area contributed by atoms with Crippen LogP contribution in [0.5, 0.6) is 0 Å². The van der Waals surface area contributed by atoms with E-state index < -0.39 is 22.7 Å². The van der Waals surface area contributed by atoms with Crippen molar-refractivity contribution in [2.75, 3.05) is 26.2 Å². The minimum atomic E-state index is -0.479. The van der Waals surface area contributed by atoms with Crippen LogP contribution >= 0.6 is 0 Å². The number of rotatable bonds is 5. The molecule has 2 saturated heterocycles. The third kappa shape index (κ3) is 3.70. The fourth-order valence-corrected chi connectivity index (χ4v) is 5.15. The third-order valence-corrected chi connectivity index (χ3v) is 7.36. The SMILES string of the molecule is CC(C(=O)N1CC(C)(c2ccccc2F)C1)C(C)C(=O)N1CC(C)(c2ccccc2F)C1. The van der Waals surface area contributed by atoms with Gasteiger partial charge in [-0.25, -0.2) is 8.78 Å². The van der Waals surface area contributed by atoms with Crippen molar-refractivity contribution in [3.8, 4) is 0 Å². The van der Waals surface area contributed by atoms with Crippen LogP contribution in [0.1, 0.15) is 38.8 Å². The molecule has 32 heavy (non-hydrogen) atoms. The van der Waals surface area contributed by atoms with Crippen LogP contribution in [0, 0.1) is 23.5 Å². The summed E-state index contributed by atoms with van der Waals surface area (Å²) >= 11 is 0. The van der Waals surface area contributed by atoms with Gasteiger partial charge in [0, 0.05) is 48.8 Å². The van der Waals surface area contributed by atoms with Gasteiger partial charge in [-0.2, -0.15) is 0 Å². The standard InChI is InChI=1S/C26H30F2N2O2/c1-17(23(31)29-13-25(3,14-29)19-9-5-7-11-21(19)27)18(2)24(32)30-15-26(4,16-30)20-10-6-8-12-22(20)28/h5-12,17-18H,13-16H2,1-4H3. The molecule has 2 heterocycles. The summed E-state index contributed by atoms with van der Waals surface area (Å²) in [6.07, 6.45) is 0. The summed E-state index contributed by atoms with van der Waals surface area (Å²) in [5.41, 5.74) is 0.419. The van der Waals surface area contributed by atoms with Crippen molar-refractivity contribution >= 4 is 11.8 Å². The molecule has 2 unspecified atom stereocenters. The second-order valence-electron chi connectivity index (χ2n) is 10.0. The van der Waals surface area contributed by atoms with Gasteiger partial charge in [-0.05, 0) is 23.3 Å². The summed E-state index contributed by atoms with van der Waals surface area (Å²) in [5, 5.41) is 0. The van der Waals surface area contributed by atoms with Crippen molar-refractivity contribution in [1.82, 2.24) is 9.80 Å². The van der Waals surface area contributed by atoms with Crippen LogP contribution in [0.25, 0.3) is 0 Å². The van der Waals surface area contributed by atoms with Crippen molar-refractivity contribution < 1.29 is 18.4 Å². The van der Waals surface area contributed by atoms with Crippen LogP contribution in [-0.2, 0) is 20.4 Å². The highest BCUT2D eigenvalue weighted by atomic mass is 19.1. The molecule has 6 heteroatoms. The third-order valence-electron chi connectivity index (χ3n) is 7.36. The Hall–Kier alpha value is -2.76. The van der Waals surface area contributed by atoms with E-state index in [0.29, 0.717) is 37.3 Å². The van der Waals surface area contributed by atoms with Gasteiger partial charge < -0.3 is 9.80 Å². The molecule has 0 radical (unpaired) electrons. The molecule has 0 aliphatic carbocycles. The zero-order chi connectivity index (χ0) is 23.3. The molecule has 2 aromatic rings.